The number of aromatic nitrogens is 1. The second kappa shape index (κ2) is 9.45. The molecule has 12 heteroatoms. The maximum absolute atomic E-state index is 14.8. The molecule has 4 rings (SSSR count). The molecule has 0 saturated carbocycles. The van der Waals surface area contributed by atoms with Crippen molar-refractivity contribution in [1.82, 2.24) is 5.16 Å². The molecule has 10 nitrogen and oxygen atoms in total. The van der Waals surface area contributed by atoms with Crippen molar-refractivity contribution in [2.45, 2.75) is 32.5 Å². The Hall–Kier alpha value is -3.41. The maximum Gasteiger partial charge on any atom is 0.416 e. The normalized spacial score (nSPS) is 18.7. The molecule has 0 unspecified atom stereocenters. The monoisotopic (exact) mass is 480 g/mol. The van der Waals surface area contributed by atoms with Crippen LogP contribution in [-0.2, 0) is 14.2 Å². The highest BCUT2D eigenvalue weighted by Crippen LogP contribution is 2.32. The third kappa shape index (κ3) is 5.22. The Morgan fingerprint density at radius 3 is 2.50 bits per heavy atom. The van der Waals surface area contributed by atoms with E-state index in [9.17, 15) is 18.4 Å². The molecule has 34 heavy (non-hydrogen) atoms. The van der Waals surface area contributed by atoms with Crippen molar-refractivity contribution in [1.29, 1.82) is 0 Å². The number of halogens is 2. The maximum atomic E-state index is 14.8. The van der Waals surface area contributed by atoms with Gasteiger partial charge in [-0.2, -0.15) is 0 Å². The van der Waals surface area contributed by atoms with Gasteiger partial charge in [0, 0.05) is 31.3 Å². The van der Waals surface area contributed by atoms with Crippen LogP contribution in [0.3, 0.4) is 0 Å². The number of hydrogen-bond donors (Lipinski definition) is 0. The number of hydrogen-bond acceptors (Lipinski definition) is 8. The molecule has 2 saturated heterocycles. The number of carbonyl (C=O) groups excluding carboxylic acids is 2. The third-order valence-electron chi connectivity index (χ3n) is 5.22. The summed E-state index contributed by atoms with van der Waals surface area (Å²) < 4.78 is 50.5. The third-order valence-corrected chi connectivity index (χ3v) is 5.22. The number of rotatable bonds is 5. The van der Waals surface area contributed by atoms with E-state index >= 15 is 0 Å². The van der Waals surface area contributed by atoms with E-state index in [1.54, 1.807) is 25.7 Å². The van der Waals surface area contributed by atoms with E-state index in [1.165, 1.54) is 17.2 Å². The van der Waals surface area contributed by atoms with Gasteiger partial charge in [-0.1, -0.05) is 5.16 Å². The van der Waals surface area contributed by atoms with Gasteiger partial charge in [0.05, 0.1) is 32.0 Å². The summed E-state index contributed by atoms with van der Waals surface area (Å²) in [6, 6.07) is 3.66. The van der Waals surface area contributed by atoms with Gasteiger partial charge in [0.1, 0.15) is 23.7 Å². The molecule has 2 aromatic rings. The number of anilines is 3. The lowest BCUT2D eigenvalue weighted by molar-refractivity contribution is 0.0556. The molecular weight excluding hydrogens is 454 g/mol. The lowest BCUT2D eigenvalue weighted by Gasteiger charge is -2.30. The fraction of sp³-hybridized carbons (Fsp3) is 0.500. The summed E-state index contributed by atoms with van der Waals surface area (Å²) in [4.78, 5) is 29.1. The highest BCUT2D eigenvalue weighted by Gasteiger charge is 2.37. The van der Waals surface area contributed by atoms with Crippen LogP contribution in [0.4, 0.5) is 35.6 Å². The van der Waals surface area contributed by atoms with Gasteiger partial charge in [0.25, 0.3) is 0 Å². The molecule has 1 atom stereocenters. The van der Waals surface area contributed by atoms with Crippen molar-refractivity contribution in [2.24, 2.45) is 0 Å². The minimum Gasteiger partial charge on any atom is -0.443 e. The zero-order valence-corrected chi connectivity index (χ0v) is 19.1. The van der Waals surface area contributed by atoms with Gasteiger partial charge in [-0.05, 0) is 20.8 Å². The standard InChI is InChI=1S/C22H26F2N4O6/c1-22(2,3)34-21(30)28(18-4-7-32-25-18)13-15-12-27(20(29)33-15)14-10-16(23)19(17(24)11-14)26-5-8-31-9-6-26/h4,7,10-11,15H,5-6,8-9,12-13H2,1-3H3/t15-/m1/s1. The molecule has 2 fully saturated rings. The van der Waals surface area contributed by atoms with Gasteiger partial charge in [-0.3, -0.25) is 9.80 Å². The predicted octanol–water partition coefficient (Wildman–Crippen LogP) is 3.56. The largest absolute Gasteiger partial charge is 0.443 e. The molecule has 1 aromatic heterocycles. The lowest BCUT2D eigenvalue weighted by atomic mass is 10.2. The molecule has 0 radical (unpaired) electrons. The van der Waals surface area contributed by atoms with Crippen LogP contribution in [0.25, 0.3) is 0 Å². The van der Waals surface area contributed by atoms with Gasteiger partial charge in [-0.15, -0.1) is 0 Å². The Morgan fingerprint density at radius 2 is 1.91 bits per heavy atom. The second-order valence-electron chi connectivity index (χ2n) is 8.92. The summed E-state index contributed by atoms with van der Waals surface area (Å²) in [5.74, 6) is -1.40. The van der Waals surface area contributed by atoms with Crippen LogP contribution in [0.1, 0.15) is 20.8 Å². The number of ether oxygens (including phenoxy) is 3. The molecule has 0 N–H and O–H groups in total. The predicted molar refractivity (Wildman–Crippen MR) is 117 cm³/mol. The Kier molecular flexibility index (Phi) is 6.60. The quantitative estimate of drug-likeness (QED) is 0.641. The number of amides is 2. The molecule has 3 heterocycles. The van der Waals surface area contributed by atoms with E-state index in [0.717, 1.165) is 17.0 Å². The summed E-state index contributed by atoms with van der Waals surface area (Å²) in [7, 11) is 0. The summed E-state index contributed by atoms with van der Waals surface area (Å²) in [6.07, 6.45) is -1.00. The van der Waals surface area contributed by atoms with Gasteiger partial charge < -0.3 is 23.6 Å². The zero-order valence-electron chi connectivity index (χ0n) is 19.1. The Labute approximate surface area is 194 Å². The van der Waals surface area contributed by atoms with E-state index in [2.05, 4.69) is 5.16 Å². The number of cyclic esters (lactones) is 1. The fourth-order valence-electron chi connectivity index (χ4n) is 3.75. The van der Waals surface area contributed by atoms with Crippen LogP contribution in [0.5, 0.6) is 0 Å². The molecule has 2 aliphatic heterocycles. The second-order valence-corrected chi connectivity index (χ2v) is 8.92. The first-order chi connectivity index (χ1) is 16.1. The SMILES string of the molecule is CC(C)(C)OC(=O)N(C[C@H]1CN(c2cc(F)c(N3CCOCC3)c(F)c2)C(=O)O1)c1ccon1. The highest BCUT2D eigenvalue weighted by molar-refractivity contribution is 5.91. The smallest absolute Gasteiger partial charge is 0.416 e. The highest BCUT2D eigenvalue weighted by atomic mass is 19.1. The van der Waals surface area contributed by atoms with Gasteiger partial charge >= 0.3 is 12.2 Å². The topological polar surface area (TPSA) is 97.6 Å². The van der Waals surface area contributed by atoms with Crippen molar-refractivity contribution >= 4 is 29.4 Å². The van der Waals surface area contributed by atoms with Gasteiger partial charge in [0.2, 0.25) is 0 Å². The Balaban J connectivity index is 1.50. The van der Waals surface area contributed by atoms with Crippen LogP contribution in [0.15, 0.2) is 29.0 Å². The number of carbonyl (C=O) groups is 2. The number of nitrogens with zero attached hydrogens (tertiary/aromatic N) is 4. The first kappa shape index (κ1) is 23.7. The van der Waals surface area contributed by atoms with E-state index in [-0.39, 0.29) is 30.3 Å². The Bertz CT molecular complexity index is 1010. The van der Waals surface area contributed by atoms with Crippen LogP contribution < -0.4 is 14.7 Å². The van der Waals surface area contributed by atoms with Crippen LogP contribution in [-0.4, -0.2) is 68.4 Å². The van der Waals surface area contributed by atoms with Crippen molar-refractivity contribution < 1.29 is 37.1 Å². The van der Waals surface area contributed by atoms with Gasteiger partial charge in [0.15, 0.2) is 17.5 Å². The molecular formula is C22H26F2N4O6. The van der Waals surface area contributed by atoms with Crippen LogP contribution in [0.2, 0.25) is 0 Å². The number of benzene rings is 1. The summed E-state index contributed by atoms with van der Waals surface area (Å²) in [6.45, 7) is 6.49. The summed E-state index contributed by atoms with van der Waals surface area (Å²) in [5, 5.41) is 3.77. The van der Waals surface area contributed by atoms with E-state index in [4.69, 9.17) is 18.7 Å². The van der Waals surface area contributed by atoms with E-state index < -0.39 is 35.5 Å². The Morgan fingerprint density at radius 1 is 1.24 bits per heavy atom. The minimum absolute atomic E-state index is 0.0183. The molecule has 1 aromatic carbocycles. The van der Waals surface area contributed by atoms with Crippen LogP contribution >= 0.6 is 0 Å². The molecule has 0 bridgehead atoms. The minimum atomic E-state index is -0.804. The van der Waals surface area contributed by atoms with Crippen molar-refractivity contribution in [2.75, 3.05) is 54.1 Å². The molecule has 0 spiro atoms. The molecule has 0 aliphatic carbocycles. The lowest BCUT2D eigenvalue weighted by Crippen LogP contribution is -2.42. The molecule has 184 valence electrons. The fourth-order valence-corrected chi connectivity index (χ4v) is 3.75. The van der Waals surface area contributed by atoms with E-state index in [1.807, 2.05) is 0 Å². The van der Waals surface area contributed by atoms with E-state index in [0.29, 0.717) is 26.3 Å². The first-order valence-corrected chi connectivity index (χ1v) is 10.8. The van der Waals surface area contributed by atoms with Crippen LogP contribution in [0, 0.1) is 11.6 Å². The molecule has 2 aliphatic rings. The number of morpholine rings is 1. The average molecular weight is 480 g/mol. The van der Waals surface area contributed by atoms with Gasteiger partial charge in [-0.25, -0.2) is 18.4 Å². The average Bonchev–Trinajstić information content (AvgIpc) is 3.40. The van der Waals surface area contributed by atoms with Crippen molar-refractivity contribution in [3.8, 4) is 0 Å². The summed E-state index contributed by atoms with van der Waals surface area (Å²) in [5.41, 5.74) is -0.905. The van der Waals surface area contributed by atoms with Crippen molar-refractivity contribution in [3.05, 3.63) is 36.1 Å². The zero-order chi connectivity index (χ0) is 24.5. The first-order valence-electron chi connectivity index (χ1n) is 10.8. The molecule has 2 amide bonds. The summed E-state index contributed by atoms with van der Waals surface area (Å²) >= 11 is 0. The van der Waals surface area contributed by atoms with Crippen molar-refractivity contribution in [3.63, 3.8) is 0 Å².